The summed E-state index contributed by atoms with van der Waals surface area (Å²) < 4.78 is 0. The maximum absolute atomic E-state index is 13.2. The molecule has 0 aromatic carbocycles. The van der Waals surface area contributed by atoms with Crippen LogP contribution in [0.25, 0.3) is 0 Å². The van der Waals surface area contributed by atoms with Gasteiger partial charge >= 0.3 is 0 Å². The first-order valence-electron chi connectivity index (χ1n) is 8.76. The van der Waals surface area contributed by atoms with Gasteiger partial charge in [-0.15, -0.1) is 12.4 Å². The van der Waals surface area contributed by atoms with Gasteiger partial charge in [-0.25, -0.2) is 0 Å². The highest BCUT2D eigenvalue weighted by Crippen LogP contribution is 2.20. The van der Waals surface area contributed by atoms with Crippen molar-refractivity contribution in [3.8, 4) is 0 Å². The molecule has 1 fully saturated rings. The molecule has 26 heavy (non-hydrogen) atoms. The Morgan fingerprint density at radius 1 is 1.31 bits per heavy atom. The molecule has 1 atom stereocenters. The number of nitrogens with one attached hydrogen (secondary N) is 2. The largest absolute Gasteiger partial charge is 0.330 e. The number of nitrogens with zero attached hydrogens (tertiary/aromatic N) is 2. The number of hydrogen-bond donors (Lipinski definition) is 2. The lowest BCUT2D eigenvalue weighted by molar-refractivity contribution is 0.0641. The molecule has 1 aliphatic rings. The van der Waals surface area contributed by atoms with Gasteiger partial charge in [0, 0.05) is 24.5 Å². The molecule has 2 aromatic rings. The summed E-state index contributed by atoms with van der Waals surface area (Å²) in [7, 11) is 0. The van der Waals surface area contributed by atoms with E-state index in [2.05, 4.69) is 15.3 Å². The second-order valence-electron chi connectivity index (χ2n) is 6.48. The van der Waals surface area contributed by atoms with Gasteiger partial charge in [-0.1, -0.05) is 6.07 Å². The molecule has 140 valence electrons. The Bertz CT molecular complexity index is 771. The molecule has 1 aliphatic heterocycles. The zero-order chi connectivity index (χ0) is 17.6. The number of aromatic nitrogens is 2. The number of carbonyl (C=O) groups excluding carboxylic acids is 1. The Hall–Kier alpha value is -2.18. The molecule has 3 heterocycles. The van der Waals surface area contributed by atoms with Crippen molar-refractivity contribution in [2.45, 2.75) is 38.8 Å². The Labute approximate surface area is 159 Å². The van der Waals surface area contributed by atoms with Crippen LogP contribution in [0.2, 0.25) is 0 Å². The topological polar surface area (TPSA) is 78.1 Å². The average Bonchev–Trinajstić information content (AvgIpc) is 2.89. The first kappa shape index (κ1) is 20.1. The van der Waals surface area contributed by atoms with Crippen molar-refractivity contribution in [1.29, 1.82) is 0 Å². The van der Waals surface area contributed by atoms with Gasteiger partial charge in [-0.3, -0.25) is 14.6 Å². The van der Waals surface area contributed by atoms with E-state index in [9.17, 15) is 9.59 Å². The highest BCUT2D eigenvalue weighted by molar-refractivity contribution is 5.95. The molecule has 6 nitrogen and oxygen atoms in total. The van der Waals surface area contributed by atoms with Crippen molar-refractivity contribution in [2.75, 3.05) is 13.1 Å². The fourth-order valence-electron chi connectivity index (χ4n) is 3.30. The van der Waals surface area contributed by atoms with Crippen LogP contribution in [0.1, 0.15) is 40.9 Å². The molecule has 0 radical (unpaired) electrons. The van der Waals surface area contributed by atoms with Gasteiger partial charge in [0.05, 0.1) is 17.8 Å². The van der Waals surface area contributed by atoms with E-state index in [1.54, 1.807) is 13.1 Å². The number of amides is 1. The third-order valence-corrected chi connectivity index (χ3v) is 4.67. The summed E-state index contributed by atoms with van der Waals surface area (Å²) >= 11 is 0. The lowest BCUT2D eigenvalue weighted by Gasteiger charge is -2.31. The number of H-pyrrole nitrogens is 1. The van der Waals surface area contributed by atoms with Crippen LogP contribution < -0.4 is 10.9 Å². The van der Waals surface area contributed by atoms with Crippen LogP contribution >= 0.6 is 12.4 Å². The number of aryl methyl sites for hydroxylation is 1. The van der Waals surface area contributed by atoms with Crippen LogP contribution in [-0.2, 0) is 6.54 Å². The van der Waals surface area contributed by atoms with E-state index < -0.39 is 0 Å². The smallest absolute Gasteiger partial charge is 0.256 e. The van der Waals surface area contributed by atoms with Gasteiger partial charge in [-0.05, 0) is 57.0 Å². The van der Waals surface area contributed by atoms with E-state index in [1.807, 2.05) is 23.1 Å². The van der Waals surface area contributed by atoms with Crippen LogP contribution in [0.5, 0.6) is 0 Å². The summed E-state index contributed by atoms with van der Waals surface area (Å²) in [4.78, 5) is 33.6. The maximum atomic E-state index is 13.2. The van der Waals surface area contributed by atoms with Crippen molar-refractivity contribution >= 4 is 18.3 Å². The molecule has 0 bridgehead atoms. The quantitative estimate of drug-likeness (QED) is 0.858. The van der Waals surface area contributed by atoms with Gasteiger partial charge in [0.15, 0.2) is 0 Å². The minimum Gasteiger partial charge on any atom is -0.330 e. The third kappa shape index (κ3) is 4.93. The van der Waals surface area contributed by atoms with Gasteiger partial charge in [0.2, 0.25) is 5.56 Å². The fourth-order valence-corrected chi connectivity index (χ4v) is 3.30. The Kier molecular flexibility index (Phi) is 7.36. The number of halogens is 1. The Morgan fingerprint density at radius 3 is 2.88 bits per heavy atom. The lowest BCUT2D eigenvalue weighted by atomic mass is 10.0. The molecule has 7 heteroatoms. The minimum atomic E-state index is -0.191. The molecule has 1 amide bonds. The van der Waals surface area contributed by atoms with E-state index >= 15 is 0 Å². The highest BCUT2D eigenvalue weighted by Gasteiger charge is 2.27. The second-order valence-corrected chi connectivity index (χ2v) is 6.48. The molecular weight excluding hydrogens is 352 g/mol. The summed E-state index contributed by atoms with van der Waals surface area (Å²) in [5.74, 6) is -0.0497. The summed E-state index contributed by atoms with van der Waals surface area (Å²) in [5.41, 5.74) is 1.93. The predicted molar refractivity (Wildman–Crippen MR) is 104 cm³/mol. The van der Waals surface area contributed by atoms with Crippen LogP contribution in [0.3, 0.4) is 0 Å². The fraction of sp³-hybridized carbons (Fsp3) is 0.421. The first-order chi connectivity index (χ1) is 12.1. The van der Waals surface area contributed by atoms with Crippen LogP contribution in [0.4, 0.5) is 0 Å². The SMILES string of the molecule is Cc1cc(=O)[nH]cc1C(=O)N(Cc1ccccn1)C1CCCNCC1.Cl. The molecule has 1 saturated heterocycles. The van der Waals surface area contributed by atoms with Crippen molar-refractivity contribution in [1.82, 2.24) is 20.2 Å². The molecule has 2 aromatic heterocycles. The van der Waals surface area contributed by atoms with Crippen molar-refractivity contribution in [3.63, 3.8) is 0 Å². The van der Waals surface area contributed by atoms with Gasteiger partial charge < -0.3 is 15.2 Å². The molecule has 1 unspecified atom stereocenters. The van der Waals surface area contributed by atoms with Crippen molar-refractivity contribution < 1.29 is 4.79 Å². The van der Waals surface area contributed by atoms with Gasteiger partial charge in [0.25, 0.3) is 5.91 Å². The third-order valence-electron chi connectivity index (χ3n) is 4.67. The molecule has 0 saturated carbocycles. The van der Waals surface area contributed by atoms with Crippen LogP contribution in [-0.4, -0.2) is 39.9 Å². The van der Waals surface area contributed by atoms with E-state index in [4.69, 9.17) is 0 Å². The van der Waals surface area contributed by atoms with Gasteiger partial charge in [-0.2, -0.15) is 0 Å². The number of hydrogen-bond acceptors (Lipinski definition) is 4. The zero-order valence-electron chi connectivity index (χ0n) is 14.9. The summed E-state index contributed by atoms with van der Waals surface area (Å²) in [5, 5.41) is 3.39. The molecule has 0 aliphatic carbocycles. The number of pyridine rings is 2. The first-order valence-corrected chi connectivity index (χ1v) is 8.76. The minimum absolute atomic E-state index is 0. The van der Waals surface area contributed by atoms with E-state index in [0.29, 0.717) is 17.7 Å². The zero-order valence-corrected chi connectivity index (χ0v) is 15.7. The van der Waals surface area contributed by atoms with E-state index in [1.165, 1.54) is 12.3 Å². The predicted octanol–water partition coefficient (Wildman–Crippen LogP) is 2.28. The number of carbonyl (C=O) groups is 1. The molecule has 3 rings (SSSR count). The van der Waals surface area contributed by atoms with Gasteiger partial charge in [0.1, 0.15) is 0 Å². The molecule has 0 spiro atoms. The second kappa shape index (κ2) is 9.50. The van der Waals surface area contributed by atoms with Crippen LogP contribution in [0, 0.1) is 6.92 Å². The normalized spacial score (nSPS) is 17.0. The molecule has 2 N–H and O–H groups in total. The Morgan fingerprint density at radius 2 is 2.15 bits per heavy atom. The summed E-state index contributed by atoms with van der Waals surface area (Å²) in [6.07, 6.45) is 6.20. The van der Waals surface area contributed by atoms with Crippen molar-refractivity contribution in [2.24, 2.45) is 0 Å². The van der Waals surface area contributed by atoms with Crippen molar-refractivity contribution in [3.05, 3.63) is 63.8 Å². The summed E-state index contributed by atoms with van der Waals surface area (Å²) in [6, 6.07) is 7.38. The monoisotopic (exact) mass is 376 g/mol. The highest BCUT2D eigenvalue weighted by atomic mass is 35.5. The Balaban J connectivity index is 0.00000243. The number of rotatable bonds is 4. The van der Waals surface area contributed by atoms with Crippen LogP contribution in [0.15, 0.2) is 41.5 Å². The lowest BCUT2D eigenvalue weighted by Crippen LogP contribution is -2.41. The average molecular weight is 377 g/mol. The number of aromatic amines is 1. The standard InChI is InChI=1S/C19H24N4O2.ClH/c1-14-11-18(24)22-12-17(14)19(25)23(13-15-5-2-3-9-21-15)16-6-4-8-20-10-7-16;/h2-3,5,9,11-12,16,20H,4,6-8,10,13H2,1H3,(H,22,24);1H. The van der Waals surface area contributed by atoms with E-state index in [0.717, 1.165) is 38.0 Å². The molecular formula is C19H25ClN4O2. The summed E-state index contributed by atoms with van der Waals surface area (Å²) in [6.45, 7) is 4.17. The maximum Gasteiger partial charge on any atom is 0.256 e. The van der Waals surface area contributed by atoms with E-state index in [-0.39, 0.29) is 29.9 Å².